The van der Waals surface area contributed by atoms with Gasteiger partial charge >= 0.3 is 0 Å². The first-order chi connectivity index (χ1) is 9.58. The highest BCUT2D eigenvalue weighted by Gasteiger charge is 2.02. The van der Waals surface area contributed by atoms with Gasteiger partial charge in [-0.05, 0) is 43.3 Å². The van der Waals surface area contributed by atoms with Gasteiger partial charge in [0.2, 0.25) is 0 Å². The number of hydrogen-bond donors (Lipinski definition) is 3. The Balaban J connectivity index is 2.24. The molecule has 0 saturated heterocycles. The van der Waals surface area contributed by atoms with E-state index in [4.69, 9.17) is 11.5 Å². The number of benzene rings is 2. The maximum Gasteiger partial charge on any atom is 0.152 e. The van der Waals surface area contributed by atoms with E-state index in [1.165, 1.54) is 0 Å². The number of anilines is 3. The number of carbonyl (C=O) groups is 1. The van der Waals surface area contributed by atoms with Crippen molar-refractivity contribution in [3.8, 4) is 0 Å². The lowest BCUT2D eigenvalue weighted by atomic mass is 10.2. The van der Waals surface area contributed by atoms with E-state index in [2.05, 4.69) is 10.3 Å². The molecule has 0 heterocycles. The maximum atomic E-state index is 11.0. The smallest absolute Gasteiger partial charge is 0.152 e. The second-order valence-corrected chi connectivity index (χ2v) is 4.38. The molecule has 20 heavy (non-hydrogen) atoms. The predicted octanol–water partition coefficient (Wildman–Crippen LogP) is 2.83. The Morgan fingerprint density at radius 3 is 2.60 bits per heavy atom. The van der Waals surface area contributed by atoms with Gasteiger partial charge in [0.1, 0.15) is 5.84 Å². The number of hydrogen-bond acceptors (Lipinski definition) is 4. The zero-order valence-corrected chi connectivity index (χ0v) is 11.1. The van der Waals surface area contributed by atoms with E-state index in [0.717, 1.165) is 12.0 Å². The summed E-state index contributed by atoms with van der Waals surface area (Å²) in [6, 6.07) is 12.4. The number of carbonyl (C=O) groups excluding carboxylic acids is 1. The molecule has 0 unspecified atom stereocenters. The van der Waals surface area contributed by atoms with Crippen LogP contribution in [0.5, 0.6) is 0 Å². The molecular formula is C15H16N4O. The second kappa shape index (κ2) is 5.88. The van der Waals surface area contributed by atoms with Gasteiger partial charge in [0.05, 0.1) is 5.69 Å². The molecule has 2 aromatic carbocycles. The number of aliphatic imine (C=N–C) groups is 1. The van der Waals surface area contributed by atoms with E-state index in [0.29, 0.717) is 28.5 Å². The van der Waals surface area contributed by atoms with Crippen molar-refractivity contribution >= 4 is 34.9 Å². The zero-order valence-electron chi connectivity index (χ0n) is 11.1. The summed E-state index contributed by atoms with van der Waals surface area (Å²) >= 11 is 0. The zero-order chi connectivity index (χ0) is 14.5. The minimum atomic E-state index is 0.457. The minimum absolute atomic E-state index is 0.457. The van der Waals surface area contributed by atoms with Crippen molar-refractivity contribution in [2.24, 2.45) is 4.99 Å². The van der Waals surface area contributed by atoms with E-state index < -0.39 is 0 Å². The number of nitrogens with two attached hydrogens (primary N) is 2. The van der Waals surface area contributed by atoms with Gasteiger partial charge in [0.25, 0.3) is 0 Å². The van der Waals surface area contributed by atoms with Crippen LogP contribution >= 0.6 is 0 Å². The van der Waals surface area contributed by atoms with Gasteiger partial charge in [-0.3, -0.25) is 4.79 Å². The molecule has 0 bridgehead atoms. The Morgan fingerprint density at radius 1 is 1.15 bits per heavy atom. The molecule has 0 spiro atoms. The summed E-state index contributed by atoms with van der Waals surface area (Å²) in [4.78, 5) is 15.4. The van der Waals surface area contributed by atoms with Crippen LogP contribution in [0.2, 0.25) is 0 Å². The molecule has 2 aromatic rings. The van der Waals surface area contributed by atoms with Crippen molar-refractivity contribution in [1.82, 2.24) is 0 Å². The van der Waals surface area contributed by atoms with E-state index >= 15 is 0 Å². The third-order valence-corrected chi connectivity index (χ3v) is 2.68. The van der Waals surface area contributed by atoms with Gasteiger partial charge in [-0.1, -0.05) is 6.07 Å². The van der Waals surface area contributed by atoms with Crippen molar-refractivity contribution < 1.29 is 4.79 Å². The first-order valence-electron chi connectivity index (χ1n) is 6.11. The Labute approximate surface area is 117 Å². The third-order valence-electron chi connectivity index (χ3n) is 2.68. The van der Waals surface area contributed by atoms with Crippen LogP contribution in [0.1, 0.15) is 17.3 Å². The van der Waals surface area contributed by atoms with Gasteiger partial charge < -0.3 is 16.8 Å². The van der Waals surface area contributed by atoms with Crippen LogP contribution in [0.15, 0.2) is 47.5 Å². The van der Waals surface area contributed by atoms with Crippen LogP contribution in [0.4, 0.5) is 22.7 Å². The third kappa shape index (κ3) is 3.35. The molecule has 0 radical (unpaired) electrons. The second-order valence-electron chi connectivity index (χ2n) is 4.38. The summed E-state index contributed by atoms with van der Waals surface area (Å²) in [6.07, 6.45) is 0.739. The lowest BCUT2D eigenvalue weighted by Gasteiger charge is -2.07. The average Bonchev–Trinajstić information content (AvgIpc) is 2.40. The monoisotopic (exact) mass is 268 g/mol. The summed E-state index contributed by atoms with van der Waals surface area (Å²) in [6.45, 7) is 1.81. The fraction of sp³-hybridized carbons (Fsp3) is 0.0667. The quantitative estimate of drug-likeness (QED) is 0.345. The van der Waals surface area contributed by atoms with Crippen molar-refractivity contribution in [1.29, 1.82) is 0 Å². The highest BCUT2D eigenvalue weighted by Crippen LogP contribution is 2.21. The van der Waals surface area contributed by atoms with E-state index in [1.54, 1.807) is 18.2 Å². The number of nitrogens with one attached hydrogen (secondary N) is 1. The van der Waals surface area contributed by atoms with Gasteiger partial charge in [0, 0.05) is 22.6 Å². The molecule has 2 rings (SSSR count). The fourth-order valence-electron chi connectivity index (χ4n) is 1.80. The highest BCUT2D eigenvalue weighted by molar-refractivity contribution is 5.97. The van der Waals surface area contributed by atoms with Gasteiger partial charge in [-0.2, -0.15) is 0 Å². The lowest BCUT2D eigenvalue weighted by Crippen LogP contribution is -2.07. The van der Waals surface area contributed by atoms with Gasteiger partial charge in [-0.25, -0.2) is 4.99 Å². The van der Waals surface area contributed by atoms with Gasteiger partial charge in [-0.15, -0.1) is 0 Å². The Morgan fingerprint density at radius 2 is 1.90 bits per heavy atom. The fourth-order valence-corrected chi connectivity index (χ4v) is 1.80. The summed E-state index contributed by atoms with van der Waals surface area (Å²) in [5.41, 5.74) is 14.4. The van der Waals surface area contributed by atoms with Crippen molar-refractivity contribution in [3.63, 3.8) is 0 Å². The largest absolute Gasteiger partial charge is 0.399 e. The molecule has 0 amide bonds. The molecule has 0 aliphatic heterocycles. The molecule has 0 aliphatic rings. The Bertz CT molecular complexity index is 665. The maximum absolute atomic E-state index is 11.0. The number of aldehydes is 1. The Kier molecular flexibility index (Phi) is 4.00. The highest BCUT2D eigenvalue weighted by atomic mass is 16.1. The molecule has 0 saturated carbocycles. The van der Waals surface area contributed by atoms with Crippen LogP contribution in [0.25, 0.3) is 0 Å². The molecule has 0 aliphatic carbocycles. The molecule has 0 aromatic heterocycles. The van der Waals surface area contributed by atoms with Gasteiger partial charge in [0.15, 0.2) is 6.29 Å². The topological polar surface area (TPSA) is 93.5 Å². The van der Waals surface area contributed by atoms with Crippen molar-refractivity contribution in [3.05, 3.63) is 48.0 Å². The van der Waals surface area contributed by atoms with Crippen LogP contribution in [0, 0.1) is 0 Å². The van der Waals surface area contributed by atoms with Crippen molar-refractivity contribution in [2.75, 3.05) is 16.8 Å². The van der Waals surface area contributed by atoms with Crippen LogP contribution in [0.3, 0.4) is 0 Å². The summed E-state index contributed by atoms with van der Waals surface area (Å²) in [5, 5.41) is 3.12. The van der Waals surface area contributed by atoms with E-state index in [9.17, 15) is 4.79 Å². The Hall–Kier alpha value is -2.82. The SMILES string of the molecule is CC(=Nc1ccc(N)cc1C=O)Nc1cccc(N)c1. The molecule has 0 atom stereocenters. The average molecular weight is 268 g/mol. The molecule has 5 N–H and O–H groups in total. The summed E-state index contributed by atoms with van der Waals surface area (Å²) < 4.78 is 0. The van der Waals surface area contributed by atoms with Crippen LogP contribution < -0.4 is 16.8 Å². The van der Waals surface area contributed by atoms with Crippen molar-refractivity contribution in [2.45, 2.75) is 6.92 Å². The molecule has 5 heteroatoms. The summed E-state index contributed by atoms with van der Waals surface area (Å²) in [7, 11) is 0. The molecule has 0 fully saturated rings. The number of amidine groups is 1. The predicted molar refractivity (Wildman–Crippen MR) is 83.5 cm³/mol. The normalized spacial score (nSPS) is 11.2. The number of nitrogens with zero attached hydrogens (tertiary/aromatic N) is 1. The summed E-state index contributed by atoms with van der Waals surface area (Å²) in [5.74, 6) is 0.656. The minimum Gasteiger partial charge on any atom is -0.399 e. The van der Waals surface area contributed by atoms with Crippen LogP contribution in [-0.2, 0) is 0 Å². The first kappa shape index (κ1) is 13.6. The standard InChI is InChI=1S/C15H16N4O/c1-10(18-14-4-2-3-12(16)8-14)19-15-6-5-13(17)7-11(15)9-20/h2-9H,16-17H2,1H3,(H,18,19). The van der Waals surface area contributed by atoms with E-state index in [1.807, 2.05) is 31.2 Å². The first-order valence-corrected chi connectivity index (χ1v) is 6.11. The molecular weight excluding hydrogens is 252 g/mol. The van der Waals surface area contributed by atoms with E-state index in [-0.39, 0.29) is 0 Å². The van der Waals surface area contributed by atoms with Crippen LogP contribution in [-0.4, -0.2) is 12.1 Å². The number of rotatable bonds is 3. The number of nitrogen functional groups attached to an aromatic ring is 2. The lowest BCUT2D eigenvalue weighted by molar-refractivity contribution is 0.112. The molecule has 5 nitrogen and oxygen atoms in total. The molecule has 102 valence electrons.